The Morgan fingerprint density at radius 2 is 1.46 bits per heavy atom. The zero-order chi connectivity index (χ0) is 28.8. The molecule has 1 saturated carbocycles. The molecule has 0 N–H and O–H groups in total. The number of alkyl halides is 3. The van der Waals surface area contributed by atoms with Crippen LogP contribution in [0, 0.1) is 5.92 Å². The first-order valence-electron chi connectivity index (χ1n) is 15.1. The topological polar surface area (TPSA) is 26.3 Å². The summed E-state index contributed by atoms with van der Waals surface area (Å²) >= 11 is 0. The molecule has 0 spiro atoms. The number of hydrogen-bond donors (Lipinski definition) is 0. The van der Waals surface area contributed by atoms with Gasteiger partial charge in [0.1, 0.15) is 0 Å². The van der Waals surface area contributed by atoms with E-state index in [9.17, 15) is 18.0 Å². The van der Waals surface area contributed by atoms with Crippen molar-refractivity contribution in [2.24, 2.45) is 5.92 Å². The first-order chi connectivity index (χ1) is 19.8. The van der Waals surface area contributed by atoms with Crippen molar-refractivity contribution in [3.8, 4) is 0 Å². The maximum absolute atomic E-state index is 14.3. The van der Waals surface area contributed by atoms with Crippen LogP contribution in [0.1, 0.15) is 105 Å². The van der Waals surface area contributed by atoms with Gasteiger partial charge in [-0.2, -0.15) is 13.2 Å². The molecule has 0 heterocycles. The number of rotatable bonds is 10. The lowest BCUT2D eigenvalue weighted by atomic mass is 9.77. The van der Waals surface area contributed by atoms with Crippen molar-refractivity contribution >= 4 is 27.5 Å². The first-order valence-corrected chi connectivity index (χ1v) is 15.1. The molecule has 0 saturated heterocycles. The highest BCUT2D eigenvalue weighted by atomic mass is 19.4. The molecule has 1 aliphatic carbocycles. The lowest BCUT2D eigenvalue weighted by Crippen LogP contribution is -2.26. The minimum absolute atomic E-state index is 0.0622. The van der Waals surface area contributed by atoms with Crippen molar-refractivity contribution in [1.29, 1.82) is 0 Å². The zero-order valence-corrected chi connectivity index (χ0v) is 23.8. The van der Waals surface area contributed by atoms with Crippen LogP contribution in [0.5, 0.6) is 0 Å². The second kappa shape index (κ2) is 13.1. The van der Waals surface area contributed by atoms with Crippen molar-refractivity contribution in [2.75, 3.05) is 0 Å². The maximum atomic E-state index is 14.3. The minimum atomic E-state index is -4.76. The molecule has 0 radical (unpaired) electrons. The van der Waals surface area contributed by atoms with Gasteiger partial charge >= 0.3 is 12.1 Å². The van der Waals surface area contributed by atoms with E-state index in [1.54, 1.807) is 30.3 Å². The van der Waals surface area contributed by atoms with Gasteiger partial charge in [-0.15, -0.1) is 0 Å². The summed E-state index contributed by atoms with van der Waals surface area (Å²) in [6.45, 7) is 2.24. The molecule has 1 aliphatic rings. The molecule has 0 amide bonds. The summed E-state index contributed by atoms with van der Waals surface area (Å²) < 4.78 is 48.2. The molecule has 5 rings (SSSR count). The Hall–Kier alpha value is -3.34. The Balaban J connectivity index is 1.26. The smallest absolute Gasteiger partial charge is 0.429 e. The summed E-state index contributed by atoms with van der Waals surface area (Å²) in [7, 11) is 0. The third kappa shape index (κ3) is 7.12. The van der Waals surface area contributed by atoms with Crippen LogP contribution in [-0.4, -0.2) is 12.1 Å². The largest absolute Gasteiger partial charge is 0.444 e. The van der Waals surface area contributed by atoms with Gasteiger partial charge < -0.3 is 4.74 Å². The fourth-order valence-corrected chi connectivity index (χ4v) is 6.41. The molecule has 1 fully saturated rings. The van der Waals surface area contributed by atoms with Crippen LogP contribution in [0.4, 0.5) is 13.2 Å². The van der Waals surface area contributed by atoms with Crippen molar-refractivity contribution in [1.82, 2.24) is 0 Å². The van der Waals surface area contributed by atoms with E-state index in [0.29, 0.717) is 16.7 Å². The van der Waals surface area contributed by atoms with Gasteiger partial charge in [0.25, 0.3) is 0 Å². The first kappa shape index (κ1) is 29.2. The lowest BCUT2D eigenvalue weighted by Gasteiger charge is -2.29. The Morgan fingerprint density at radius 3 is 2.15 bits per heavy atom. The summed E-state index contributed by atoms with van der Waals surface area (Å²) in [6, 6.07) is 22.9. The minimum Gasteiger partial charge on any atom is -0.444 e. The van der Waals surface area contributed by atoms with Crippen LogP contribution in [0.2, 0.25) is 0 Å². The molecule has 0 bridgehead atoms. The Morgan fingerprint density at radius 1 is 0.805 bits per heavy atom. The second-order valence-electron chi connectivity index (χ2n) is 11.6. The Labute approximate surface area is 240 Å². The number of fused-ring (bicyclic) bond motifs is 2. The SMILES string of the molecule is CCCCCCCC1CCC(c2ccc(C(=O)OC(c3cccc4cc5ccccc5cc34)C(F)(F)F)cc2)CC1. The van der Waals surface area contributed by atoms with E-state index < -0.39 is 18.2 Å². The molecular formula is C36H39F3O2. The molecule has 0 aliphatic heterocycles. The monoisotopic (exact) mass is 560 g/mol. The number of unbranched alkanes of at least 4 members (excludes halogenated alkanes) is 4. The number of ether oxygens (including phenoxy) is 1. The third-order valence-corrected chi connectivity index (χ3v) is 8.77. The summed E-state index contributed by atoms with van der Waals surface area (Å²) in [4.78, 5) is 13.0. The van der Waals surface area contributed by atoms with Crippen molar-refractivity contribution in [3.63, 3.8) is 0 Å². The van der Waals surface area contributed by atoms with Crippen molar-refractivity contribution < 1.29 is 22.7 Å². The van der Waals surface area contributed by atoms with Gasteiger partial charge in [0.2, 0.25) is 6.10 Å². The molecule has 216 valence electrons. The lowest BCUT2D eigenvalue weighted by molar-refractivity contribution is -0.207. The molecule has 5 heteroatoms. The van der Waals surface area contributed by atoms with Crippen LogP contribution in [0.15, 0.2) is 78.9 Å². The molecule has 1 unspecified atom stereocenters. The molecule has 4 aromatic rings. The van der Waals surface area contributed by atoms with E-state index in [-0.39, 0.29) is 11.1 Å². The van der Waals surface area contributed by atoms with Gasteiger partial charge in [-0.25, -0.2) is 4.79 Å². The average molecular weight is 561 g/mol. The summed E-state index contributed by atoms with van der Waals surface area (Å²) in [5.74, 6) is 0.266. The Kier molecular flexibility index (Phi) is 9.32. The van der Waals surface area contributed by atoms with Crippen LogP contribution in [0.3, 0.4) is 0 Å². The molecule has 4 aromatic carbocycles. The summed E-state index contributed by atoms with van der Waals surface area (Å²) in [5.41, 5.74) is 1.22. The van der Waals surface area contributed by atoms with Crippen molar-refractivity contribution in [2.45, 2.75) is 89.3 Å². The fourth-order valence-electron chi connectivity index (χ4n) is 6.41. The van der Waals surface area contributed by atoms with Gasteiger partial charge in [-0.05, 0) is 88.9 Å². The standard InChI is InChI=1S/C36H39F3O2/c1-2-3-4-5-6-10-25-15-17-26(18-16-25)27-19-21-28(22-20-27)35(40)41-34(36(37,38)39)32-14-9-13-31-23-29-11-7-8-12-30(29)24-33(31)32/h7-9,11-14,19-26,34H,2-6,10,15-18H2,1H3. The van der Waals surface area contributed by atoms with Crippen LogP contribution >= 0.6 is 0 Å². The molecule has 41 heavy (non-hydrogen) atoms. The normalized spacial score (nSPS) is 18.4. The highest BCUT2D eigenvalue weighted by Crippen LogP contribution is 2.41. The highest BCUT2D eigenvalue weighted by molar-refractivity contribution is 6.00. The van der Waals surface area contributed by atoms with Crippen LogP contribution in [0.25, 0.3) is 21.5 Å². The number of esters is 1. The van der Waals surface area contributed by atoms with E-state index >= 15 is 0 Å². The second-order valence-corrected chi connectivity index (χ2v) is 11.6. The van der Waals surface area contributed by atoms with Crippen molar-refractivity contribution in [3.05, 3.63) is 95.6 Å². The van der Waals surface area contributed by atoms with Crippen LogP contribution < -0.4 is 0 Å². The highest BCUT2D eigenvalue weighted by Gasteiger charge is 2.45. The van der Waals surface area contributed by atoms with Gasteiger partial charge in [-0.3, -0.25) is 0 Å². The van der Waals surface area contributed by atoms with Gasteiger partial charge in [0.05, 0.1) is 5.56 Å². The Bertz CT molecular complexity index is 1450. The fraction of sp³-hybridized carbons (Fsp3) is 0.417. The van der Waals surface area contributed by atoms with Gasteiger partial charge in [-0.1, -0.05) is 100 Å². The third-order valence-electron chi connectivity index (χ3n) is 8.77. The number of halogens is 3. The quantitative estimate of drug-likeness (QED) is 0.110. The summed E-state index contributed by atoms with van der Waals surface area (Å²) in [5, 5.41) is 2.86. The van der Waals surface area contributed by atoms with E-state index in [4.69, 9.17) is 4.74 Å². The average Bonchev–Trinajstić information content (AvgIpc) is 2.98. The van der Waals surface area contributed by atoms with E-state index in [2.05, 4.69) is 6.92 Å². The number of hydrogen-bond acceptors (Lipinski definition) is 2. The predicted molar refractivity (Wildman–Crippen MR) is 160 cm³/mol. The maximum Gasteiger partial charge on any atom is 0.429 e. The predicted octanol–water partition coefficient (Wildman–Crippen LogP) is 11.1. The van der Waals surface area contributed by atoms with Gasteiger partial charge in [0, 0.05) is 5.56 Å². The van der Waals surface area contributed by atoms with E-state index in [0.717, 1.165) is 35.1 Å². The number of carbonyl (C=O) groups is 1. The number of carbonyl (C=O) groups excluding carboxylic acids is 1. The molecule has 0 aromatic heterocycles. The molecular weight excluding hydrogens is 521 g/mol. The van der Waals surface area contributed by atoms with Crippen LogP contribution in [-0.2, 0) is 4.74 Å². The van der Waals surface area contributed by atoms with Gasteiger partial charge in [0.15, 0.2) is 0 Å². The number of benzene rings is 4. The summed E-state index contributed by atoms with van der Waals surface area (Å²) in [6.07, 6.45) is 5.45. The van der Waals surface area contributed by atoms with E-state index in [1.165, 1.54) is 57.4 Å². The zero-order valence-electron chi connectivity index (χ0n) is 23.8. The molecule has 1 atom stereocenters. The molecule has 2 nitrogen and oxygen atoms in total. The van der Waals surface area contributed by atoms with E-state index in [1.807, 2.05) is 42.5 Å².